The van der Waals surface area contributed by atoms with E-state index in [9.17, 15) is 22.4 Å². The molecule has 1 amide bonds. The third-order valence-electron chi connectivity index (χ3n) is 4.13. The van der Waals surface area contributed by atoms with Crippen molar-refractivity contribution in [2.45, 2.75) is 32.4 Å². The minimum Gasteiger partial charge on any atom is -0.307 e. The largest absolute Gasteiger partial charge is 0.307 e. The topological polar surface area (TPSA) is 64.7 Å². The summed E-state index contributed by atoms with van der Waals surface area (Å²) in [5, 5.41) is 10.7. The van der Waals surface area contributed by atoms with Crippen LogP contribution in [0.25, 0.3) is 0 Å². The van der Waals surface area contributed by atoms with Crippen LogP contribution >= 0.6 is 11.6 Å². The van der Waals surface area contributed by atoms with Crippen molar-refractivity contribution >= 4 is 23.3 Å². The highest BCUT2D eigenvalue weighted by molar-refractivity contribution is 6.30. The highest BCUT2D eigenvalue weighted by Gasteiger charge is 2.27. The Kier molecular flexibility index (Phi) is 6.21. The molecule has 0 saturated carbocycles. The fourth-order valence-corrected chi connectivity index (χ4v) is 2.77. The van der Waals surface area contributed by atoms with Gasteiger partial charge in [0.05, 0.1) is 6.54 Å². The second-order valence-electron chi connectivity index (χ2n) is 6.23. The minimum absolute atomic E-state index is 0.190. The lowest BCUT2D eigenvalue weighted by atomic mass is 10.2. The summed E-state index contributed by atoms with van der Waals surface area (Å²) >= 11 is 5.84. The van der Waals surface area contributed by atoms with Gasteiger partial charge in [0.1, 0.15) is 17.4 Å². The molecule has 1 aromatic carbocycles. The number of amides is 1. The molecule has 1 atom stereocenters. The number of hydrogen-bond donors (Lipinski definition) is 1. The fourth-order valence-electron chi connectivity index (χ4n) is 2.64. The molecule has 1 unspecified atom stereocenters. The van der Waals surface area contributed by atoms with E-state index in [1.54, 1.807) is 23.0 Å². The Bertz CT molecular complexity index is 987. The highest BCUT2D eigenvalue weighted by atomic mass is 35.5. The average molecular weight is 430 g/mol. The second-order valence-corrected chi connectivity index (χ2v) is 6.67. The van der Waals surface area contributed by atoms with E-state index in [4.69, 9.17) is 11.6 Å². The Labute approximate surface area is 168 Å². The zero-order chi connectivity index (χ0) is 21.1. The molecule has 0 radical (unpaired) electrons. The van der Waals surface area contributed by atoms with Gasteiger partial charge in [-0.25, -0.2) is 17.6 Å². The second kappa shape index (κ2) is 8.64. The molecule has 0 bridgehead atoms. The molecule has 6 nitrogen and oxygen atoms in total. The van der Waals surface area contributed by atoms with Gasteiger partial charge in [-0.05, 0) is 30.7 Å². The van der Waals surface area contributed by atoms with Gasteiger partial charge >= 0.3 is 0 Å². The SMILES string of the molecule is CC(C(=O)Nc1ccn(Cc2ccc(Cl)cc2)n1)n1nc(C(F)F)cc1C(F)F. The summed E-state index contributed by atoms with van der Waals surface area (Å²) in [4.78, 5) is 12.4. The predicted octanol–water partition coefficient (Wildman–Crippen LogP) is 4.86. The molecule has 3 rings (SSSR count). The summed E-state index contributed by atoms with van der Waals surface area (Å²) in [6, 6.07) is 8.02. The van der Waals surface area contributed by atoms with Crippen molar-refractivity contribution in [1.82, 2.24) is 19.6 Å². The van der Waals surface area contributed by atoms with Crippen molar-refractivity contribution in [3.8, 4) is 0 Å². The summed E-state index contributed by atoms with van der Waals surface area (Å²) < 4.78 is 54.0. The van der Waals surface area contributed by atoms with Crippen LogP contribution in [-0.2, 0) is 11.3 Å². The Balaban J connectivity index is 1.70. The van der Waals surface area contributed by atoms with Crippen LogP contribution in [0, 0.1) is 0 Å². The van der Waals surface area contributed by atoms with Crippen molar-refractivity contribution in [2.75, 3.05) is 5.32 Å². The third-order valence-corrected chi connectivity index (χ3v) is 4.38. The monoisotopic (exact) mass is 429 g/mol. The predicted molar refractivity (Wildman–Crippen MR) is 98.3 cm³/mol. The van der Waals surface area contributed by atoms with Crippen LogP contribution < -0.4 is 5.32 Å². The van der Waals surface area contributed by atoms with Gasteiger partial charge in [0.2, 0.25) is 5.91 Å². The van der Waals surface area contributed by atoms with E-state index in [2.05, 4.69) is 15.5 Å². The molecule has 3 aromatic rings. The summed E-state index contributed by atoms with van der Waals surface area (Å²) in [7, 11) is 0. The average Bonchev–Trinajstić information content (AvgIpc) is 3.30. The number of halogens is 5. The molecule has 0 spiro atoms. The first kappa shape index (κ1) is 20.8. The number of aromatic nitrogens is 4. The van der Waals surface area contributed by atoms with E-state index in [1.165, 1.54) is 13.0 Å². The molecular formula is C18H16ClF4N5O. The van der Waals surface area contributed by atoms with Gasteiger partial charge in [-0.15, -0.1) is 0 Å². The third kappa shape index (κ3) is 4.94. The standard InChI is InChI=1S/C18H16ClF4N5O/c1-10(28-14(17(22)23)8-13(25-28)16(20)21)18(29)24-15-6-7-27(26-15)9-11-2-4-12(19)5-3-11/h2-8,10,16-17H,9H2,1H3,(H,24,26,29). The number of benzene rings is 1. The smallest absolute Gasteiger partial charge is 0.282 e. The van der Waals surface area contributed by atoms with E-state index in [0.29, 0.717) is 22.3 Å². The van der Waals surface area contributed by atoms with Crippen LogP contribution in [-0.4, -0.2) is 25.5 Å². The number of anilines is 1. The Hall–Kier alpha value is -2.88. The molecule has 29 heavy (non-hydrogen) atoms. The van der Waals surface area contributed by atoms with Crippen LogP contribution in [0.1, 0.15) is 42.8 Å². The molecule has 0 aliphatic carbocycles. The molecule has 11 heteroatoms. The van der Waals surface area contributed by atoms with E-state index < -0.39 is 36.2 Å². The van der Waals surface area contributed by atoms with Gasteiger partial charge in [0.25, 0.3) is 12.9 Å². The van der Waals surface area contributed by atoms with E-state index in [0.717, 1.165) is 5.56 Å². The maximum Gasteiger partial charge on any atom is 0.282 e. The Morgan fingerprint density at radius 3 is 2.41 bits per heavy atom. The van der Waals surface area contributed by atoms with Gasteiger partial charge in [0.15, 0.2) is 5.82 Å². The van der Waals surface area contributed by atoms with Crippen LogP contribution in [0.4, 0.5) is 23.4 Å². The Morgan fingerprint density at radius 1 is 1.10 bits per heavy atom. The van der Waals surface area contributed by atoms with Gasteiger partial charge in [-0.2, -0.15) is 10.2 Å². The van der Waals surface area contributed by atoms with Crippen LogP contribution in [0.3, 0.4) is 0 Å². The summed E-state index contributed by atoms with van der Waals surface area (Å²) in [5.74, 6) is -0.525. The van der Waals surface area contributed by atoms with Crippen molar-refractivity contribution in [2.24, 2.45) is 0 Å². The minimum atomic E-state index is -3.05. The molecule has 0 fully saturated rings. The molecular weight excluding hydrogens is 414 g/mol. The quantitative estimate of drug-likeness (QED) is 0.546. The molecule has 154 valence electrons. The molecule has 2 aromatic heterocycles. The lowest BCUT2D eigenvalue weighted by Gasteiger charge is -2.14. The lowest BCUT2D eigenvalue weighted by molar-refractivity contribution is -0.119. The van der Waals surface area contributed by atoms with Crippen molar-refractivity contribution in [3.05, 3.63) is 64.6 Å². The zero-order valence-electron chi connectivity index (χ0n) is 15.1. The normalized spacial score (nSPS) is 12.6. The number of hydrogen-bond acceptors (Lipinski definition) is 3. The first-order valence-electron chi connectivity index (χ1n) is 8.49. The summed E-state index contributed by atoms with van der Waals surface area (Å²) in [6.07, 6.45) is -4.45. The molecule has 0 aliphatic rings. The highest BCUT2D eigenvalue weighted by Crippen LogP contribution is 2.27. The maximum absolute atomic E-state index is 13.1. The molecule has 2 heterocycles. The molecule has 0 saturated heterocycles. The van der Waals surface area contributed by atoms with Crippen LogP contribution in [0.2, 0.25) is 5.02 Å². The first-order chi connectivity index (χ1) is 13.7. The number of rotatable bonds is 7. The zero-order valence-corrected chi connectivity index (χ0v) is 15.8. The first-order valence-corrected chi connectivity index (χ1v) is 8.87. The maximum atomic E-state index is 13.1. The summed E-state index contributed by atoms with van der Waals surface area (Å²) in [5.41, 5.74) is -0.634. The van der Waals surface area contributed by atoms with Gasteiger partial charge in [-0.3, -0.25) is 14.2 Å². The van der Waals surface area contributed by atoms with Gasteiger partial charge < -0.3 is 5.32 Å². The molecule has 1 N–H and O–H groups in total. The van der Waals surface area contributed by atoms with Crippen molar-refractivity contribution in [3.63, 3.8) is 0 Å². The van der Waals surface area contributed by atoms with Crippen molar-refractivity contribution < 1.29 is 22.4 Å². The van der Waals surface area contributed by atoms with E-state index in [-0.39, 0.29) is 5.82 Å². The van der Waals surface area contributed by atoms with E-state index in [1.807, 2.05) is 12.1 Å². The number of alkyl halides is 4. The van der Waals surface area contributed by atoms with E-state index >= 15 is 0 Å². The van der Waals surface area contributed by atoms with Gasteiger partial charge in [0, 0.05) is 17.3 Å². The lowest BCUT2D eigenvalue weighted by Crippen LogP contribution is -2.26. The molecule has 0 aliphatic heterocycles. The number of nitrogens with zero attached hydrogens (tertiary/aromatic N) is 4. The summed E-state index contributed by atoms with van der Waals surface area (Å²) in [6.45, 7) is 1.71. The van der Waals surface area contributed by atoms with Crippen LogP contribution in [0.15, 0.2) is 42.6 Å². The Morgan fingerprint density at radius 2 is 1.79 bits per heavy atom. The number of nitrogens with one attached hydrogen (secondary N) is 1. The number of carbonyl (C=O) groups is 1. The van der Waals surface area contributed by atoms with Gasteiger partial charge in [-0.1, -0.05) is 23.7 Å². The fraction of sp³-hybridized carbons (Fsp3) is 0.278. The van der Waals surface area contributed by atoms with Crippen LogP contribution in [0.5, 0.6) is 0 Å². The van der Waals surface area contributed by atoms with Crippen molar-refractivity contribution in [1.29, 1.82) is 0 Å². The number of carbonyl (C=O) groups excluding carboxylic acids is 1.